The molecule has 0 aromatic heterocycles. The Kier molecular flexibility index (Phi) is 5.87. The highest BCUT2D eigenvalue weighted by atomic mass is 16.7. The van der Waals surface area contributed by atoms with Crippen LogP contribution in [0.4, 0.5) is 0 Å². The van der Waals surface area contributed by atoms with Crippen molar-refractivity contribution in [2.24, 2.45) is 17.8 Å². The fourth-order valence-electron chi connectivity index (χ4n) is 3.14. The maximum atomic E-state index is 6.36. The van der Waals surface area contributed by atoms with Gasteiger partial charge in [0.1, 0.15) is 0 Å². The van der Waals surface area contributed by atoms with E-state index in [1.165, 1.54) is 0 Å². The molecule has 0 aliphatic carbocycles. The van der Waals surface area contributed by atoms with E-state index in [0.29, 0.717) is 24.4 Å². The summed E-state index contributed by atoms with van der Waals surface area (Å²) >= 11 is 0. The topological polar surface area (TPSA) is 18.5 Å². The molecule has 1 fully saturated rings. The Labute approximate surface area is 113 Å². The molecular formula is C16H30O2. The summed E-state index contributed by atoms with van der Waals surface area (Å²) < 4.78 is 12.3. The maximum Gasteiger partial charge on any atom is 0.161 e. The van der Waals surface area contributed by atoms with Gasteiger partial charge in [0.2, 0.25) is 0 Å². The second-order valence-electron chi connectivity index (χ2n) is 5.71. The third-order valence-electron chi connectivity index (χ3n) is 5.03. The standard InChI is InChI=1S/C16H30O2/c1-7-10-11-17-15-13(5)12(4)14(6)16(8-2,9-3)18-15/h7,12-15H,1,8-11H2,2-6H3/t12-,13-,14+,15?/m1/s1. The van der Waals surface area contributed by atoms with Crippen molar-refractivity contribution in [1.29, 1.82) is 0 Å². The van der Waals surface area contributed by atoms with Crippen LogP contribution in [0, 0.1) is 17.8 Å². The molecule has 0 N–H and O–H groups in total. The zero-order valence-corrected chi connectivity index (χ0v) is 12.7. The van der Waals surface area contributed by atoms with Gasteiger partial charge in [-0.25, -0.2) is 0 Å². The summed E-state index contributed by atoms with van der Waals surface area (Å²) in [5, 5.41) is 0. The van der Waals surface area contributed by atoms with Crippen molar-refractivity contribution in [2.75, 3.05) is 6.61 Å². The molecule has 0 aromatic rings. The fraction of sp³-hybridized carbons (Fsp3) is 0.875. The van der Waals surface area contributed by atoms with E-state index in [2.05, 4.69) is 41.2 Å². The highest BCUT2D eigenvalue weighted by Crippen LogP contribution is 2.45. The predicted molar refractivity (Wildman–Crippen MR) is 76.4 cm³/mol. The summed E-state index contributed by atoms with van der Waals surface area (Å²) in [6.07, 6.45) is 4.84. The highest BCUT2D eigenvalue weighted by Gasteiger charge is 2.47. The van der Waals surface area contributed by atoms with Crippen molar-refractivity contribution >= 4 is 0 Å². The number of hydrogen-bond donors (Lipinski definition) is 0. The third kappa shape index (κ3) is 2.97. The molecule has 0 spiro atoms. The summed E-state index contributed by atoms with van der Waals surface area (Å²) in [6, 6.07) is 0. The first-order valence-corrected chi connectivity index (χ1v) is 7.42. The van der Waals surface area contributed by atoms with Crippen LogP contribution in [0.1, 0.15) is 53.9 Å². The molecule has 2 nitrogen and oxygen atoms in total. The fourth-order valence-corrected chi connectivity index (χ4v) is 3.14. The van der Waals surface area contributed by atoms with Gasteiger partial charge in [-0.3, -0.25) is 0 Å². The van der Waals surface area contributed by atoms with Crippen LogP contribution in [-0.2, 0) is 9.47 Å². The van der Waals surface area contributed by atoms with Crippen LogP contribution in [0.15, 0.2) is 12.7 Å². The van der Waals surface area contributed by atoms with Crippen molar-refractivity contribution in [3.63, 3.8) is 0 Å². The second-order valence-corrected chi connectivity index (χ2v) is 5.71. The molecule has 2 heteroatoms. The lowest BCUT2D eigenvalue weighted by Gasteiger charge is -2.51. The van der Waals surface area contributed by atoms with Crippen LogP contribution >= 0.6 is 0 Å². The minimum Gasteiger partial charge on any atom is -0.352 e. The molecule has 0 radical (unpaired) electrons. The van der Waals surface area contributed by atoms with Crippen LogP contribution in [0.3, 0.4) is 0 Å². The van der Waals surface area contributed by atoms with Gasteiger partial charge in [-0.05, 0) is 31.1 Å². The monoisotopic (exact) mass is 254 g/mol. The average molecular weight is 254 g/mol. The van der Waals surface area contributed by atoms with E-state index >= 15 is 0 Å². The molecule has 106 valence electrons. The molecule has 1 aliphatic heterocycles. The van der Waals surface area contributed by atoms with E-state index in [4.69, 9.17) is 9.47 Å². The van der Waals surface area contributed by atoms with Crippen LogP contribution in [0.2, 0.25) is 0 Å². The average Bonchev–Trinajstić information content (AvgIpc) is 2.39. The molecule has 4 atom stereocenters. The Balaban J connectivity index is 2.76. The minimum atomic E-state index is -0.0592. The number of hydrogen-bond acceptors (Lipinski definition) is 2. The lowest BCUT2D eigenvalue weighted by Crippen LogP contribution is -2.54. The van der Waals surface area contributed by atoms with E-state index in [1.807, 2.05) is 6.08 Å². The Bertz CT molecular complexity index is 258. The van der Waals surface area contributed by atoms with Crippen molar-refractivity contribution in [2.45, 2.75) is 65.8 Å². The molecule has 0 aromatic carbocycles. The Morgan fingerprint density at radius 2 is 1.78 bits per heavy atom. The summed E-state index contributed by atoms with van der Waals surface area (Å²) in [4.78, 5) is 0. The van der Waals surface area contributed by atoms with Crippen LogP contribution in [0.25, 0.3) is 0 Å². The van der Waals surface area contributed by atoms with E-state index < -0.39 is 0 Å². The minimum absolute atomic E-state index is 0.00915. The zero-order chi connectivity index (χ0) is 13.8. The maximum absolute atomic E-state index is 6.36. The quantitative estimate of drug-likeness (QED) is 0.516. The lowest BCUT2D eigenvalue weighted by atomic mass is 9.70. The Morgan fingerprint density at radius 1 is 1.17 bits per heavy atom. The van der Waals surface area contributed by atoms with Gasteiger partial charge in [-0.2, -0.15) is 0 Å². The first-order valence-electron chi connectivity index (χ1n) is 7.42. The highest BCUT2D eigenvalue weighted by molar-refractivity contribution is 4.93. The molecule has 0 saturated carbocycles. The second kappa shape index (κ2) is 6.72. The molecular weight excluding hydrogens is 224 g/mol. The van der Waals surface area contributed by atoms with Gasteiger partial charge < -0.3 is 9.47 Å². The van der Waals surface area contributed by atoms with Gasteiger partial charge in [0.15, 0.2) is 6.29 Å². The first kappa shape index (κ1) is 15.7. The van der Waals surface area contributed by atoms with Gasteiger partial charge in [-0.1, -0.05) is 40.7 Å². The summed E-state index contributed by atoms with van der Waals surface area (Å²) in [5.41, 5.74) is -0.00915. The van der Waals surface area contributed by atoms with Crippen molar-refractivity contribution < 1.29 is 9.47 Å². The number of ether oxygens (including phenoxy) is 2. The lowest BCUT2D eigenvalue weighted by molar-refractivity contribution is -0.291. The summed E-state index contributed by atoms with van der Waals surface area (Å²) in [5.74, 6) is 1.67. The molecule has 1 saturated heterocycles. The van der Waals surface area contributed by atoms with Gasteiger partial charge in [0, 0.05) is 5.92 Å². The summed E-state index contributed by atoms with van der Waals surface area (Å²) in [6.45, 7) is 15.8. The number of rotatable bonds is 6. The van der Waals surface area contributed by atoms with E-state index in [9.17, 15) is 0 Å². The molecule has 1 unspecified atom stereocenters. The van der Waals surface area contributed by atoms with E-state index in [1.54, 1.807) is 0 Å². The van der Waals surface area contributed by atoms with Gasteiger partial charge in [0.05, 0.1) is 12.2 Å². The van der Waals surface area contributed by atoms with Crippen molar-refractivity contribution in [3.05, 3.63) is 12.7 Å². The Morgan fingerprint density at radius 3 is 2.28 bits per heavy atom. The Hall–Kier alpha value is -0.340. The largest absolute Gasteiger partial charge is 0.352 e. The molecule has 0 amide bonds. The molecule has 1 heterocycles. The molecule has 0 bridgehead atoms. The molecule has 18 heavy (non-hydrogen) atoms. The van der Waals surface area contributed by atoms with Gasteiger partial charge >= 0.3 is 0 Å². The normalized spacial score (nSPS) is 35.4. The van der Waals surface area contributed by atoms with Crippen molar-refractivity contribution in [3.8, 4) is 0 Å². The smallest absolute Gasteiger partial charge is 0.161 e. The van der Waals surface area contributed by atoms with Gasteiger partial charge in [0.25, 0.3) is 0 Å². The van der Waals surface area contributed by atoms with Gasteiger partial charge in [-0.15, -0.1) is 6.58 Å². The van der Waals surface area contributed by atoms with E-state index in [0.717, 1.165) is 19.3 Å². The van der Waals surface area contributed by atoms with Crippen molar-refractivity contribution in [1.82, 2.24) is 0 Å². The first-order chi connectivity index (χ1) is 8.52. The molecule has 1 rings (SSSR count). The SMILES string of the molecule is C=CCCOC1OC(CC)(CC)[C@@H](C)[C@H](C)[C@H]1C. The van der Waals surface area contributed by atoms with Crippen LogP contribution < -0.4 is 0 Å². The third-order valence-corrected chi connectivity index (χ3v) is 5.03. The van der Waals surface area contributed by atoms with E-state index in [-0.39, 0.29) is 11.9 Å². The van der Waals surface area contributed by atoms with Crippen LogP contribution in [-0.4, -0.2) is 18.5 Å². The summed E-state index contributed by atoms with van der Waals surface area (Å²) in [7, 11) is 0. The molecule has 1 aliphatic rings. The van der Waals surface area contributed by atoms with Crippen LogP contribution in [0.5, 0.6) is 0 Å². The zero-order valence-electron chi connectivity index (χ0n) is 12.7. The predicted octanol–water partition coefficient (Wildman–Crippen LogP) is 4.40.